The number of nitrogens with two attached hydrogens (primary N) is 1. The minimum atomic E-state index is 0.596. The first kappa shape index (κ1) is 11.3. The first-order chi connectivity index (χ1) is 9.31. The van der Waals surface area contributed by atoms with Crippen molar-refractivity contribution < 1.29 is 9.15 Å². The van der Waals surface area contributed by atoms with E-state index < -0.39 is 0 Å². The predicted molar refractivity (Wildman–Crippen MR) is 72.9 cm³/mol. The third-order valence-corrected chi connectivity index (χ3v) is 2.65. The third kappa shape index (κ3) is 2.57. The summed E-state index contributed by atoms with van der Waals surface area (Å²) in [4.78, 5) is 4.09. The molecule has 0 aliphatic heterocycles. The van der Waals surface area contributed by atoms with E-state index in [0.29, 0.717) is 11.6 Å². The quantitative estimate of drug-likeness (QED) is 0.722. The number of rotatable bonds is 3. The van der Waals surface area contributed by atoms with Crippen LogP contribution in [-0.2, 0) is 0 Å². The van der Waals surface area contributed by atoms with E-state index in [1.54, 1.807) is 24.6 Å². The minimum Gasteiger partial charge on any atom is -0.457 e. The summed E-state index contributed by atoms with van der Waals surface area (Å²) in [6, 6.07) is 14.8. The fourth-order valence-corrected chi connectivity index (χ4v) is 1.70. The van der Waals surface area contributed by atoms with E-state index in [1.807, 2.05) is 36.4 Å². The first-order valence-electron chi connectivity index (χ1n) is 5.84. The normalized spacial score (nSPS) is 10.3. The molecule has 0 atom stereocenters. The van der Waals surface area contributed by atoms with E-state index >= 15 is 0 Å². The number of nitrogen functional groups attached to an aromatic ring is 1. The van der Waals surface area contributed by atoms with Crippen molar-refractivity contribution in [2.45, 2.75) is 0 Å². The summed E-state index contributed by atoms with van der Waals surface area (Å²) in [7, 11) is 0. The van der Waals surface area contributed by atoms with E-state index in [2.05, 4.69) is 4.98 Å². The van der Waals surface area contributed by atoms with Crippen molar-refractivity contribution in [1.29, 1.82) is 0 Å². The number of hydrogen-bond acceptors (Lipinski definition) is 4. The molecule has 0 radical (unpaired) electrons. The van der Waals surface area contributed by atoms with Gasteiger partial charge in [-0.2, -0.15) is 0 Å². The highest BCUT2D eigenvalue weighted by atomic mass is 16.5. The molecule has 0 saturated heterocycles. The number of ether oxygens (including phenoxy) is 1. The second kappa shape index (κ2) is 4.86. The molecular formula is C15H12N2O2. The summed E-state index contributed by atoms with van der Waals surface area (Å²) < 4.78 is 10.9. The maximum absolute atomic E-state index is 5.70. The Hall–Kier alpha value is -2.75. The van der Waals surface area contributed by atoms with Crippen LogP contribution in [0.2, 0.25) is 0 Å². The summed E-state index contributed by atoms with van der Waals surface area (Å²) in [6.07, 6.45) is 3.17. The molecule has 0 bridgehead atoms. The molecule has 2 aromatic carbocycles. The molecule has 94 valence electrons. The Bertz CT molecular complexity index is 644. The van der Waals surface area contributed by atoms with Crippen LogP contribution in [-0.4, -0.2) is 4.98 Å². The predicted octanol–water partition coefficient (Wildman–Crippen LogP) is 3.72. The van der Waals surface area contributed by atoms with Crippen LogP contribution < -0.4 is 10.5 Å². The molecule has 0 saturated carbocycles. The van der Waals surface area contributed by atoms with Crippen molar-refractivity contribution in [2.75, 3.05) is 5.73 Å². The topological polar surface area (TPSA) is 61.3 Å². The fourth-order valence-electron chi connectivity index (χ4n) is 1.70. The Morgan fingerprint density at radius 2 is 1.53 bits per heavy atom. The van der Waals surface area contributed by atoms with Crippen LogP contribution >= 0.6 is 0 Å². The summed E-state index contributed by atoms with van der Waals surface area (Å²) in [5.74, 6) is 2.09. The maximum Gasteiger partial charge on any atom is 0.225 e. The third-order valence-electron chi connectivity index (χ3n) is 2.65. The van der Waals surface area contributed by atoms with E-state index in [9.17, 15) is 0 Å². The highest BCUT2D eigenvalue weighted by Crippen LogP contribution is 2.25. The van der Waals surface area contributed by atoms with Crippen molar-refractivity contribution in [2.24, 2.45) is 0 Å². The van der Waals surface area contributed by atoms with E-state index in [0.717, 1.165) is 17.1 Å². The van der Waals surface area contributed by atoms with Gasteiger partial charge in [0.2, 0.25) is 5.89 Å². The van der Waals surface area contributed by atoms with Crippen LogP contribution in [0.3, 0.4) is 0 Å². The monoisotopic (exact) mass is 252 g/mol. The van der Waals surface area contributed by atoms with Gasteiger partial charge in [0.15, 0.2) is 0 Å². The summed E-state index contributed by atoms with van der Waals surface area (Å²) >= 11 is 0. The van der Waals surface area contributed by atoms with Crippen LogP contribution in [0.15, 0.2) is 65.4 Å². The molecule has 0 spiro atoms. The largest absolute Gasteiger partial charge is 0.457 e. The molecule has 19 heavy (non-hydrogen) atoms. The van der Waals surface area contributed by atoms with Gasteiger partial charge in [0.25, 0.3) is 0 Å². The summed E-state index contributed by atoms with van der Waals surface area (Å²) in [5.41, 5.74) is 7.25. The maximum atomic E-state index is 5.70. The Kier molecular flexibility index (Phi) is 2.90. The van der Waals surface area contributed by atoms with Crippen molar-refractivity contribution in [3.63, 3.8) is 0 Å². The molecule has 0 aliphatic rings. The van der Waals surface area contributed by atoms with Crippen LogP contribution in [0.25, 0.3) is 11.5 Å². The van der Waals surface area contributed by atoms with Gasteiger partial charge >= 0.3 is 0 Å². The van der Waals surface area contributed by atoms with Gasteiger partial charge in [0.1, 0.15) is 17.8 Å². The van der Waals surface area contributed by atoms with Gasteiger partial charge in [0, 0.05) is 11.3 Å². The number of benzene rings is 2. The van der Waals surface area contributed by atoms with Crippen LogP contribution in [0.4, 0.5) is 5.69 Å². The molecule has 0 amide bonds. The molecule has 3 aromatic rings. The number of hydrogen-bond donors (Lipinski definition) is 1. The molecule has 3 rings (SSSR count). The lowest BCUT2D eigenvalue weighted by Crippen LogP contribution is -1.86. The van der Waals surface area contributed by atoms with Gasteiger partial charge in [-0.15, -0.1) is 0 Å². The summed E-state index contributed by atoms with van der Waals surface area (Å²) in [6.45, 7) is 0. The highest BCUT2D eigenvalue weighted by Gasteiger charge is 2.03. The standard InChI is InChI=1S/C15H12N2O2/c16-12-3-7-14(8-4-12)19-13-5-1-11(2-6-13)15-17-9-10-18-15/h1-10H,16H2. The van der Waals surface area contributed by atoms with Crippen LogP contribution in [0, 0.1) is 0 Å². The van der Waals surface area contributed by atoms with Crippen molar-refractivity contribution in [3.05, 3.63) is 61.0 Å². The lowest BCUT2D eigenvalue weighted by atomic mass is 10.2. The molecule has 0 aliphatic carbocycles. The van der Waals surface area contributed by atoms with Crippen molar-refractivity contribution in [3.8, 4) is 23.0 Å². The van der Waals surface area contributed by atoms with Crippen LogP contribution in [0.5, 0.6) is 11.5 Å². The smallest absolute Gasteiger partial charge is 0.225 e. The lowest BCUT2D eigenvalue weighted by Gasteiger charge is -2.06. The minimum absolute atomic E-state index is 0.596. The van der Waals surface area contributed by atoms with Crippen LogP contribution in [0.1, 0.15) is 0 Å². The van der Waals surface area contributed by atoms with Gasteiger partial charge in [-0.25, -0.2) is 4.98 Å². The Balaban J connectivity index is 1.77. The molecule has 2 N–H and O–H groups in total. The Morgan fingerprint density at radius 1 is 0.895 bits per heavy atom. The molecule has 4 nitrogen and oxygen atoms in total. The fraction of sp³-hybridized carbons (Fsp3) is 0. The average molecular weight is 252 g/mol. The number of oxazole rings is 1. The van der Waals surface area contributed by atoms with Gasteiger partial charge in [0.05, 0.1) is 6.20 Å². The highest BCUT2D eigenvalue weighted by molar-refractivity contribution is 5.54. The number of nitrogens with zero attached hydrogens (tertiary/aromatic N) is 1. The molecular weight excluding hydrogens is 240 g/mol. The molecule has 0 unspecified atom stereocenters. The van der Waals surface area contributed by atoms with Gasteiger partial charge in [-0.3, -0.25) is 0 Å². The molecule has 0 fully saturated rings. The molecule has 4 heteroatoms. The molecule has 1 heterocycles. The SMILES string of the molecule is Nc1ccc(Oc2ccc(-c3ncco3)cc2)cc1. The van der Waals surface area contributed by atoms with Gasteiger partial charge in [-0.05, 0) is 48.5 Å². The zero-order valence-corrected chi connectivity index (χ0v) is 10.1. The second-order valence-corrected chi connectivity index (χ2v) is 4.03. The second-order valence-electron chi connectivity index (χ2n) is 4.03. The average Bonchev–Trinajstić information content (AvgIpc) is 2.96. The zero-order valence-electron chi connectivity index (χ0n) is 10.1. The Morgan fingerprint density at radius 3 is 2.11 bits per heavy atom. The van der Waals surface area contributed by atoms with Crippen molar-refractivity contribution >= 4 is 5.69 Å². The van der Waals surface area contributed by atoms with Crippen molar-refractivity contribution in [1.82, 2.24) is 4.98 Å². The van der Waals surface area contributed by atoms with E-state index in [-0.39, 0.29) is 0 Å². The van der Waals surface area contributed by atoms with Gasteiger partial charge < -0.3 is 14.9 Å². The van der Waals surface area contributed by atoms with E-state index in [4.69, 9.17) is 14.9 Å². The van der Waals surface area contributed by atoms with Gasteiger partial charge in [-0.1, -0.05) is 0 Å². The lowest BCUT2D eigenvalue weighted by molar-refractivity contribution is 0.482. The van der Waals surface area contributed by atoms with E-state index in [1.165, 1.54) is 0 Å². The first-order valence-corrected chi connectivity index (χ1v) is 5.84. The Labute approximate surface area is 110 Å². The number of aromatic nitrogens is 1. The zero-order chi connectivity index (χ0) is 13.1. The summed E-state index contributed by atoms with van der Waals surface area (Å²) in [5, 5.41) is 0. The number of anilines is 1. The molecule has 1 aromatic heterocycles.